The second-order valence-electron chi connectivity index (χ2n) is 8.61. The third-order valence-corrected chi connectivity index (χ3v) is 6.67. The van der Waals surface area contributed by atoms with Crippen LogP contribution < -0.4 is 10.6 Å². The molecule has 0 radical (unpaired) electrons. The van der Waals surface area contributed by atoms with Gasteiger partial charge in [0.15, 0.2) is 5.17 Å². The number of carbonyl (C=O) groups is 1. The van der Waals surface area contributed by atoms with Crippen LogP contribution in [0.25, 0.3) is 11.0 Å². The monoisotopic (exact) mass is 490 g/mol. The molecule has 0 aliphatic carbocycles. The van der Waals surface area contributed by atoms with Gasteiger partial charge in [-0.05, 0) is 43.2 Å². The molecule has 1 aromatic carbocycles. The van der Waals surface area contributed by atoms with Gasteiger partial charge in [0.1, 0.15) is 11.2 Å². The molecule has 0 saturated heterocycles. The Hall–Kier alpha value is -3.08. The molecule has 0 fully saturated rings. The lowest BCUT2D eigenvalue weighted by Crippen LogP contribution is -2.40. The largest absolute Gasteiger partial charge is 0.416 e. The summed E-state index contributed by atoms with van der Waals surface area (Å²) >= 11 is 1.44. The predicted octanol–water partition coefficient (Wildman–Crippen LogP) is 4.81. The molecular formula is C23H25F3N6OS. The minimum Gasteiger partial charge on any atom is -0.347 e. The summed E-state index contributed by atoms with van der Waals surface area (Å²) in [7, 11) is 0. The molecule has 2 unspecified atom stereocenters. The molecule has 1 amide bonds. The van der Waals surface area contributed by atoms with E-state index < -0.39 is 11.7 Å². The van der Waals surface area contributed by atoms with Crippen molar-refractivity contribution in [2.45, 2.75) is 44.8 Å². The van der Waals surface area contributed by atoms with Crippen LogP contribution in [-0.4, -0.2) is 43.4 Å². The van der Waals surface area contributed by atoms with Gasteiger partial charge in [-0.1, -0.05) is 25.6 Å². The summed E-state index contributed by atoms with van der Waals surface area (Å²) < 4.78 is 40.2. The number of rotatable bonds is 6. The molecule has 180 valence electrons. The van der Waals surface area contributed by atoms with Crippen LogP contribution in [0.15, 0.2) is 47.8 Å². The molecule has 3 aromatic rings. The van der Waals surface area contributed by atoms with Crippen LogP contribution in [-0.2, 0) is 12.7 Å². The van der Waals surface area contributed by atoms with Crippen LogP contribution in [0.2, 0.25) is 0 Å². The number of aliphatic imine (C=N–C) groups is 1. The Bertz CT molecular complexity index is 1210. The Kier molecular flexibility index (Phi) is 6.83. The molecular weight excluding hydrogens is 465 g/mol. The number of anilines is 1. The van der Waals surface area contributed by atoms with Gasteiger partial charge >= 0.3 is 6.18 Å². The minimum absolute atomic E-state index is 0.0175. The fourth-order valence-electron chi connectivity index (χ4n) is 3.58. The van der Waals surface area contributed by atoms with Crippen molar-refractivity contribution in [2.75, 3.05) is 11.9 Å². The van der Waals surface area contributed by atoms with E-state index in [1.807, 2.05) is 11.5 Å². The van der Waals surface area contributed by atoms with Crippen LogP contribution in [0, 0.1) is 5.92 Å². The molecule has 4 rings (SSSR count). The number of halogens is 3. The molecule has 3 heterocycles. The number of hydrogen-bond donors (Lipinski definition) is 2. The molecule has 1 aliphatic heterocycles. The third kappa shape index (κ3) is 5.52. The highest BCUT2D eigenvalue weighted by molar-refractivity contribution is 8.15. The number of benzene rings is 1. The van der Waals surface area contributed by atoms with Crippen molar-refractivity contribution in [3.8, 4) is 0 Å². The molecule has 0 bridgehead atoms. The molecule has 0 spiro atoms. The summed E-state index contributed by atoms with van der Waals surface area (Å²) in [5.74, 6) is 0.157. The van der Waals surface area contributed by atoms with Crippen molar-refractivity contribution in [2.24, 2.45) is 10.9 Å². The lowest BCUT2D eigenvalue weighted by Gasteiger charge is -2.19. The van der Waals surface area contributed by atoms with Gasteiger partial charge in [-0.2, -0.15) is 13.2 Å². The average Bonchev–Trinajstić information content (AvgIpc) is 3.40. The normalized spacial score (nSPS) is 17.1. The number of carbonyl (C=O) groups excluding carboxylic acids is 1. The van der Waals surface area contributed by atoms with Gasteiger partial charge in [0.05, 0.1) is 35.4 Å². The number of imidazole rings is 1. The molecule has 2 aromatic heterocycles. The highest BCUT2D eigenvalue weighted by Gasteiger charge is 2.30. The van der Waals surface area contributed by atoms with Gasteiger partial charge in [0.25, 0.3) is 5.91 Å². The minimum atomic E-state index is -4.37. The fraction of sp³-hybridized carbons (Fsp3) is 0.391. The van der Waals surface area contributed by atoms with Crippen molar-refractivity contribution in [1.82, 2.24) is 19.9 Å². The van der Waals surface area contributed by atoms with Crippen LogP contribution >= 0.6 is 11.8 Å². The number of nitrogens with one attached hydrogen (secondary N) is 2. The van der Waals surface area contributed by atoms with Crippen LogP contribution in [0.3, 0.4) is 0 Å². The summed E-state index contributed by atoms with van der Waals surface area (Å²) in [5.41, 5.74) is 1.74. The molecule has 2 N–H and O–H groups in total. The van der Waals surface area contributed by atoms with E-state index in [1.165, 1.54) is 23.9 Å². The van der Waals surface area contributed by atoms with Crippen molar-refractivity contribution >= 4 is 39.6 Å². The van der Waals surface area contributed by atoms with Crippen molar-refractivity contribution in [3.63, 3.8) is 0 Å². The summed E-state index contributed by atoms with van der Waals surface area (Å²) in [6.45, 7) is 7.40. The van der Waals surface area contributed by atoms with E-state index in [-0.39, 0.29) is 17.2 Å². The first-order chi connectivity index (χ1) is 16.1. The Morgan fingerprint density at radius 2 is 1.94 bits per heavy atom. The summed E-state index contributed by atoms with van der Waals surface area (Å²) in [6, 6.07) is 6.35. The fourth-order valence-corrected chi connectivity index (χ4v) is 4.62. The molecule has 7 nitrogen and oxygen atoms in total. The smallest absolute Gasteiger partial charge is 0.347 e. The van der Waals surface area contributed by atoms with E-state index in [4.69, 9.17) is 0 Å². The van der Waals surface area contributed by atoms with Crippen molar-refractivity contribution in [3.05, 3.63) is 54.1 Å². The highest BCUT2D eigenvalue weighted by atomic mass is 32.2. The molecule has 11 heteroatoms. The number of amides is 1. The van der Waals surface area contributed by atoms with Gasteiger partial charge in [0.2, 0.25) is 0 Å². The van der Waals surface area contributed by atoms with Gasteiger partial charge in [-0.3, -0.25) is 9.79 Å². The van der Waals surface area contributed by atoms with Gasteiger partial charge < -0.3 is 15.2 Å². The maximum Gasteiger partial charge on any atom is 0.416 e. The lowest BCUT2D eigenvalue weighted by atomic mass is 10.2. The molecule has 2 atom stereocenters. The van der Waals surface area contributed by atoms with E-state index in [2.05, 4.69) is 39.4 Å². The number of alkyl halides is 3. The van der Waals surface area contributed by atoms with E-state index in [1.54, 1.807) is 18.6 Å². The van der Waals surface area contributed by atoms with Gasteiger partial charge in [-0.15, -0.1) is 0 Å². The van der Waals surface area contributed by atoms with Crippen molar-refractivity contribution in [1.29, 1.82) is 0 Å². The Morgan fingerprint density at radius 3 is 2.62 bits per heavy atom. The Morgan fingerprint density at radius 1 is 1.21 bits per heavy atom. The van der Waals surface area contributed by atoms with E-state index in [0.29, 0.717) is 29.0 Å². The summed E-state index contributed by atoms with van der Waals surface area (Å²) in [4.78, 5) is 25.9. The number of aromatic nitrogens is 3. The van der Waals surface area contributed by atoms with Gasteiger partial charge in [0, 0.05) is 18.3 Å². The number of amidine groups is 1. The first-order valence-electron chi connectivity index (χ1n) is 10.9. The quantitative estimate of drug-likeness (QED) is 0.518. The SMILES string of the molecule is CC(C)Cn1cnc2cnc(C(=O)NC(C)C3CN=C(Nc4ccc(C(F)(F)F)cc4)S3)cc21. The number of hydrogen-bond acceptors (Lipinski definition) is 6. The Labute approximate surface area is 199 Å². The zero-order valence-corrected chi connectivity index (χ0v) is 19.7. The van der Waals surface area contributed by atoms with Crippen LogP contribution in [0.5, 0.6) is 0 Å². The van der Waals surface area contributed by atoms with Crippen LogP contribution in [0.4, 0.5) is 18.9 Å². The third-order valence-electron chi connectivity index (χ3n) is 5.36. The van der Waals surface area contributed by atoms with E-state index >= 15 is 0 Å². The molecule has 34 heavy (non-hydrogen) atoms. The predicted molar refractivity (Wildman–Crippen MR) is 128 cm³/mol. The van der Waals surface area contributed by atoms with Gasteiger partial charge in [-0.25, -0.2) is 9.97 Å². The number of fused-ring (bicyclic) bond motifs is 1. The number of pyridine rings is 1. The summed E-state index contributed by atoms with van der Waals surface area (Å²) in [6.07, 6.45) is -1.01. The Balaban J connectivity index is 1.34. The van der Waals surface area contributed by atoms with E-state index in [0.717, 1.165) is 29.7 Å². The molecule has 1 aliphatic rings. The second kappa shape index (κ2) is 9.65. The lowest BCUT2D eigenvalue weighted by molar-refractivity contribution is -0.137. The standard InChI is InChI=1S/C23H25F3N6OS/c1-13(2)11-32-12-29-18-9-27-17(8-19(18)32)21(33)30-14(3)20-10-28-22(34-20)31-16-6-4-15(5-7-16)23(24,25)26/h4-9,12-14,20H,10-11H2,1-3H3,(H,28,31)(H,30,33). The zero-order valence-electron chi connectivity index (χ0n) is 18.9. The number of nitrogens with zero attached hydrogens (tertiary/aromatic N) is 4. The maximum atomic E-state index is 12.8. The second-order valence-corrected chi connectivity index (χ2v) is 9.84. The first-order valence-corrected chi connectivity index (χ1v) is 11.7. The zero-order chi connectivity index (χ0) is 24.5. The topological polar surface area (TPSA) is 84.2 Å². The average molecular weight is 491 g/mol. The number of thioether (sulfide) groups is 1. The first kappa shape index (κ1) is 24.1. The van der Waals surface area contributed by atoms with Crippen molar-refractivity contribution < 1.29 is 18.0 Å². The molecule has 0 saturated carbocycles. The maximum absolute atomic E-state index is 12.8. The highest BCUT2D eigenvalue weighted by Crippen LogP contribution is 2.31. The summed E-state index contributed by atoms with van der Waals surface area (Å²) in [5, 5.41) is 6.61. The van der Waals surface area contributed by atoms with Crippen LogP contribution in [0.1, 0.15) is 36.8 Å². The van der Waals surface area contributed by atoms with E-state index in [9.17, 15) is 18.0 Å².